The lowest BCUT2D eigenvalue weighted by molar-refractivity contribution is -0.118. The molecule has 1 aliphatic rings. The second-order valence-electron chi connectivity index (χ2n) is 10.5. The highest BCUT2D eigenvalue weighted by molar-refractivity contribution is 5.98. The minimum absolute atomic E-state index is 0.311. The van der Waals surface area contributed by atoms with Gasteiger partial charge >= 0.3 is 0 Å². The number of hydrogen-bond donors (Lipinski definition) is 2. The van der Waals surface area contributed by atoms with Gasteiger partial charge in [-0.1, -0.05) is 66.7 Å². The first-order valence-corrected chi connectivity index (χ1v) is 13.6. The average Bonchev–Trinajstić information content (AvgIpc) is 3.42. The summed E-state index contributed by atoms with van der Waals surface area (Å²) in [6, 6.07) is 25.8. The number of carbonyl (C=O) groups excluding carboxylic acids is 1. The predicted molar refractivity (Wildman–Crippen MR) is 158 cm³/mol. The molecule has 202 valence electrons. The lowest BCUT2D eigenvalue weighted by Gasteiger charge is -2.29. The Labute approximate surface area is 232 Å². The number of para-hydroxylation sites is 2. The van der Waals surface area contributed by atoms with Crippen LogP contribution in [0.5, 0.6) is 0 Å². The number of nitrogens with zero attached hydrogens (tertiary/aromatic N) is 4. The summed E-state index contributed by atoms with van der Waals surface area (Å²) in [5.74, 6) is 0.202. The van der Waals surface area contributed by atoms with Crippen molar-refractivity contribution < 1.29 is 4.79 Å². The van der Waals surface area contributed by atoms with Crippen LogP contribution < -0.4 is 16.6 Å². The van der Waals surface area contributed by atoms with Gasteiger partial charge in [0.25, 0.3) is 11.5 Å². The molecule has 8 nitrogen and oxygen atoms in total. The van der Waals surface area contributed by atoms with Crippen LogP contribution in [0.15, 0.2) is 102 Å². The quantitative estimate of drug-likeness (QED) is 0.307. The van der Waals surface area contributed by atoms with Gasteiger partial charge in [-0.15, -0.1) is 0 Å². The summed E-state index contributed by atoms with van der Waals surface area (Å²) in [6.07, 6.45) is 5.62. The fourth-order valence-electron chi connectivity index (χ4n) is 5.52. The van der Waals surface area contributed by atoms with Gasteiger partial charge in [-0.3, -0.25) is 14.2 Å². The van der Waals surface area contributed by atoms with Crippen molar-refractivity contribution >= 4 is 22.8 Å². The van der Waals surface area contributed by atoms with E-state index in [0.717, 1.165) is 24.2 Å². The summed E-state index contributed by atoms with van der Waals surface area (Å²) in [7, 11) is 2.17. The van der Waals surface area contributed by atoms with Gasteiger partial charge in [-0.2, -0.15) is 5.10 Å². The van der Waals surface area contributed by atoms with Crippen molar-refractivity contribution in [2.24, 2.45) is 0 Å². The molecule has 0 bridgehead atoms. The fourth-order valence-corrected chi connectivity index (χ4v) is 5.52. The molecule has 2 aromatic heterocycles. The maximum Gasteiger partial charge on any atom is 0.278 e. The predicted octanol–water partition coefficient (Wildman–Crippen LogP) is 4.78. The van der Waals surface area contributed by atoms with Gasteiger partial charge < -0.3 is 16.0 Å². The number of hydrogen-bond acceptors (Lipinski definition) is 5. The van der Waals surface area contributed by atoms with Crippen LogP contribution >= 0.6 is 0 Å². The van der Waals surface area contributed by atoms with E-state index in [1.807, 2.05) is 42.6 Å². The van der Waals surface area contributed by atoms with Gasteiger partial charge in [0.15, 0.2) is 0 Å². The number of fused-ring (bicyclic) bond motifs is 1. The Morgan fingerprint density at radius 1 is 0.950 bits per heavy atom. The van der Waals surface area contributed by atoms with E-state index in [2.05, 4.69) is 46.6 Å². The van der Waals surface area contributed by atoms with Crippen molar-refractivity contribution in [3.05, 3.63) is 119 Å². The highest BCUT2D eigenvalue weighted by Crippen LogP contribution is 2.30. The fraction of sp³-hybridized carbons (Fsp3) is 0.219. The Bertz CT molecular complexity index is 1700. The molecule has 1 atom stereocenters. The van der Waals surface area contributed by atoms with Crippen molar-refractivity contribution in [2.75, 3.05) is 31.2 Å². The second-order valence-corrected chi connectivity index (χ2v) is 10.5. The Morgan fingerprint density at radius 2 is 1.65 bits per heavy atom. The van der Waals surface area contributed by atoms with Crippen molar-refractivity contribution in [2.45, 2.75) is 24.8 Å². The zero-order valence-electron chi connectivity index (χ0n) is 22.4. The van der Waals surface area contributed by atoms with E-state index in [-0.39, 0.29) is 11.5 Å². The van der Waals surface area contributed by atoms with E-state index in [0.29, 0.717) is 28.4 Å². The van der Waals surface area contributed by atoms with Crippen molar-refractivity contribution in [1.29, 1.82) is 0 Å². The van der Waals surface area contributed by atoms with E-state index in [1.165, 1.54) is 29.3 Å². The molecule has 0 radical (unpaired) electrons. The number of nitrogens with one attached hydrogen (secondary N) is 1. The molecule has 0 spiro atoms. The number of likely N-dealkylation sites (tertiary alicyclic amines) is 1. The molecule has 3 N–H and O–H groups in total. The summed E-state index contributed by atoms with van der Waals surface area (Å²) < 4.78 is 2.96. The molecule has 0 aliphatic carbocycles. The third-order valence-electron chi connectivity index (χ3n) is 7.85. The highest BCUT2D eigenvalue weighted by atomic mass is 16.2. The topological polar surface area (TPSA) is 97.7 Å². The lowest BCUT2D eigenvalue weighted by Crippen LogP contribution is -2.35. The van der Waals surface area contributed by atoms with Crippen LogP contribution in [-0.2, 0) is 4.79 Å². The van der Waals surface area contributed by atoms with Gasteiger partial charge in [-0.05, 0) is 73.8 Å². The summed E-state index contributed by atoms with van der Waals surface area (Å²) in [5.41, 5.74) is 11.0. The van der Waals surface area contributed by atoms with Crippen molar-refractivity contribution in [3.8, 4) is 11.1 Å². The molecule has 8 heteroatoms. The van der Waals surface area contributed by atoms with Gasteiger partial charge in [0, 0.05) is 11.8 Å². The molecule has 3 heterocycles. The summed E-state index contributed by atoms with van der Waals surface area (Å²) in [6.45, 7) is 2.24. The molecule has 40 heavy (non-hydrogen) atoms. The molecule has 1 saturated heterocycles. The maximum absolute atomic E-state index is 13.8. The Morgan fingerprint density at radius 3 is 2.38 bits per heavy atom. The molecule has 1 unspecified atom stereocenters. The van der Waals surface area contributed by atoms with Crippen LogP contribution in [0.25, 0.3) is 16.6 Å². The largest absolute Gasteiger partial charge is 0.397 e. The molecule has 1 fully saturated rings. The second kappa shape index (κ2) is 10.8. The minimum Gasteiger partial charge on any atom is -0.397 e. The first kappa shape index (κ1) is 25.6. The highest BCUT2D eigenvalue weighted by Gasteiger charge is 2.26. The van der Waals surface area contributed by atoms with Crippen LogP contribution in [0.4, 0.5) is 11.4 Å². The van der Waals surface area contributed by atoms with E-state index in [1.54, 1.807) is 28.8 Å². The van der Waals surface area contributed by atoms with E-state index < -0.39 is 6.04 Å². The number of anilines is 2. The molecular weight excluding hydrogens is 500 g/mol. The first-order chi connectivity index (χ1) is 19.5. The molecule has 3 aromatic carbocycles. The molecule has 1 amide bonds. The standard InChI is InChI=1S/C32H32N6O2/c1-36-17-15-24(16-18-36)22-11-13-23(14-12-22)26-19-29-32(40)37(21-34-38(29)20-26)30(25-7-3-2-4-8-25)31(39)35-28-10-6-5-9-27(28)33/h2-14,19-21,24,30H,15-18,33H2,1H3,(H,35,39). The van der Waals surface area contributed by atoms with E-state index in [9.17, 15) is 9.59 Å². The average molecular weight is 533 g/mol. The summed E-state index contributed by atoms with van der Waals surface area (Å²) in [5, 5.41) is 7.40. The first-order valence-electron chi connectivity index (χ1n) is 13.6. The number of rotatable bonds is 6. The van der Waals surface area contributed by atoms with Crippen LogP contribution in [-0.4, -0.2) is 45.1 Å². The number of nitrogen functional groups attached to an aromatic ring is 1. The molecule has 5 aromatic rings. The number of nitrogens with two attached hydrogens (primary N) is 1. The Kier molecular flexibility index (Phi) is 6.92. The van der Waals surface area contributed by atoms with E-state index >= 15 is 0 Å². The monoisotopic (exact) mass is 532 g/mol. The number of carbonyl (C=O) groups is 1. The van der Waals surface area contributed by atoms with Crippen LogP contribution in [0.1, 0.15) is 35.9 Å². The van der Waals surface area contributed by atoms with Gasteiger partial charge in [0.2, 0.25) is 0 Å². The minimum atomic E-state index is -0.932. The third kappa shape index (κ3) is 5.01. The van der Waals surface area contributed by atoms with Crippen molar-refractivity contribution in [3.63, 3.8) is 0 Å². The van der Waals surface area contributed by atoms with Crippen LogP contribution in [0.3, 0.4) is 0 Å². The smallest absolute Gasteiger partial charge is 0.278 e. The van der Waals surface area contributed by atoms with Gasteiger partial charge in [0.1, 0.15) is 17.9 Å². The maximum atomic E-state index is 13.8. The number of aromatic nitrogens is 3. The van der Waals surface area contributed by atoms with Gasteiger partial charge in [-0.25, -0.2) is 4.52 Å². The zero-order chi connectivity index (χ0) is 27.6. The lowest BCUT2D eigenvalue weighted by atomic mass is 9.89. The third-order valence-corrected chi connectivity index (χ3v) is 7.85. The number of benzene rings is 3. The zero-order valence-corrected chi connectivity index (χ0v) is 22.4. The normalized spacial score (nSPS) is 15.2. The summed E-state index contributed by atoms with van der Waals surface area (Å²) >= 11 is 0. The van der Waals surface area contributed by atoms with Crippen LogP contribution in [0, 0.1) is 0 Å². The SMILES string of the molecule is CN1CCC(c2ccc(-c3cc4c(=O)n(C(C(=O)Nc5ccccc5N)c5ccccc5)cnn4c3)cc2)CC1. The van der Waals surface area contributed by atoms with Gasteiger partial charge in [0.05, 0.1) is 11.4 Å². The Balaban J connectivity index is 1.33. The number of amides is 1. The molecule has 1 aliphatic heterocycles. The number of piperidine rings is 1. The Hall–Kier alpha value is -4.69. The van der Waals surface area contributed by atoms with Crippen LogP contribution in [0.2, 0.25) is 0 Å². The molecule has 6 rings (SSSR count). The summed E-state index contributed by atoms with van der Waals surface area (Å²) in [4.78, 5) is 29.8. The molecular formula is C32H32N6O2. The van der Waals surface area contributed by atoms with E-state index in [4.69, 9.17) is 5.73 Å². The van der Waals surface area contributed by atoms with Crippen molar-refractivity contribution in [1.82, 2.24) is 19.1 Å². The molecule has 0 saturated carbocycles.